The average Bonchev–Trinajstić information content (AvgIpc) is 2.80. The molecular formula is C25H25F2N3O3. The van der Waals surface area contributed by atoms with E-state index in [0.717, 1.165) is 35.9 Å². The third-order valence-corrected chi connectivity index (χ3v) is 5.84. The van der Waals surface area contributed by atoms with Crippen molar-refractivity contribution in [2.24, 2.45) is 0 Å². The minimum atomic E-state index is -0.708. The van der Waals surface area contributed by atoms with Gasteiger partial charge < -0.3 is 14.4 Å². The number of carbonyl (C=O) groups excluding carboxylic acids is 1. The molecule has 0 atom stereocenters. The molecule has 0 bridgehead atoms. The second-order valence-electron chi connectivity index (χ2n) is 8.16. The Balaban J connectivity index is 1.48. The van der Waals surface area contributed by atoms with E-state index in [0.29, 0.717) is 18.8 Å². The van der Waals surface area contributed by atoms with Crippen LogP contribution in [0.5, 0.6) is 17.2 Å². The van der Waals surface area contributed by atoms with Gasteiger partial charge in [0.05, 0.1) is 24.1 Å². The first-order chi connectivity index (χ1) is 15.9. The molecule has 172 valence electrons. The number of nitrogens with zero attached hydrogens (tertiary/aromatic N) is 3. The lowest BCUT2D eigenvalue weighted by Gasteiger charge is -2.32. The van der Waals surface area contributed by atoms with Crippen LogP contribution in [0.4, 0.5) is 8.78 Å². The summed E-state index contributed by atoms with van der Waals surface area (Å²) < 4.78 is 39.0. The van der Waals surface area contributed by atoms with Gasteiger partial charge in [0.25, 0.3) is 5.91 Å². The molecule has 0 spiro atoms. The predicted octanol–water partition coefficient (Wildman–Crippen LogP) is 5.19. The Bertz CT molecular complexity index is 1160. The Morgan fingerprint density at radius 1 is 1.00 bits per heavy atom. The van der Waals surface area contributed by atoms with Gasteiger partial charge in [-0.05, 0) is 68.7 Å². The highest BCUT2D eigenvalue weighted by Crippen LogP contribution is 2.35. The normalized spacial score (nSPS) is 14.3. The van der Waals surface area contributed by atoms with Gasteiger partial charge in [0.2, 0.25) is 0 Å². The van der Waals surface area contributed by atoms with Crippen LogP contribution in [0.15, 0.2) is 42.5 Å². The van der Waals surface area contributed by atoms with Gasteiger partial charge in [0.15, 0.2) is 11.5 Å². The quantitative estimate of drug-likeness (QED) is 0.532. The summed E-state index contributed by atoms with van der Waals surface area (Å²) in [6.45, 7) is 4.91. The lowest BCUT2D eigenvalue weighted by atomic mass is 9.90. The molecule has 4 rings (SSSR count). The van der Waals surface area contributed by atoms with Gasteiger partial charge in [-0.25, -0.2) is 8.78 Å². The van der Waals surface area contributed by atoms with Crippen LogP contribution in [0.25, 0.3) is 0 Å². The summed E-state index contributed by atoms with van der Waals surface area (Å²) >= 11 is 0. The number of aryl methyl sites for hydroxylation is 2. The van der Waals surface area contributed by atoms with E-state index in [9.17, 15) is 13.6 Å². The van der Waals surface area contributed by atoms with Crippen LogP contribution >= 0.6 is 0 Å². The van der Waals surface area contributed by atoms with E-state index in [-0.39, 0.29) is 23.0 Å². The molecule has 0 N–H and O–H groups in total. The van der Waals surface area contributed by atoms with Crippen LogP contribution in [-0.2, 0) is 0 Å². The third kappa shape index (κ3) is 4.94. The summed E-state index contributed by atoms with van der Waals surface area (Å²) in [4.78, 5) is 14.7. The van der Waals surface area contributed by atoms with Gasteiger partial charge >= 0.3 is 0 Å². The summed E-state index contributed by atoms with van der Waals surface area (Å²) in [5, 5.41) is 8.52. The van der Waals surface area contributed by atoms with Crippen molar-refractivity contribution in [3.05, 3.63) is 76.6 Å². The molecule has 2 aromatic carbocycles. The molecule has 0 radical (unpaired) electrons. The van der Waals surface area contributed by atoms with Crippen molar-refractivity contribution in [1.29, 1.82) is 0 Å². The SMILES string of the molecule is COc1cc(C(=O)N2CCC(c3nnc(C)cc3C)CC2)c(F)cc1Oc1ccc(F)cc1. The monoisotopic (exact) mass is 453 g/mol. The lowest BCUT2D eigenvalue weighted by molar-refractivity contribution is 0.0706. The summed E-state index contributed by atoms with van der Waals surface area (Å²) in [6.07, 6.45) is 1.46. The highest BCUT2D eigenvalue weighted by atomic mass is 19.1. The molecule has 1 aliphatic heterocycles. The number of likely N-dealkylation sites (tertiary alicyclic amines) is 1. The van der Waals surface area contributed by atoms with E-state index in [1.54, 1.807) is 4.90 Å². The molecule has 1 fully saturated rings. The van der Waals surface area contributed by atoms with Gasteiger partial charge in [-0.2, -0.15) is 10.2 Å². The van der Waals surface area contributed by atoms with Gasteiger partial charge in [-0.3, -0.25) is 4.79 Å². The minimum absolute atomic E-state index is 0.0805. The van der Waals surface area contributed by atoms with Crippen molar-refractivity contribution in [2.45, 2.75) is 32.6 Å². The molecule has 2 heterocycles. The number of carbonyl (C=O) groups is 1. The fraction of sp³-hybridized carbons (Fsp3) is 0.320. The van der Waals surface area contributed by atoms with Crippen molar-refractivity contribution >= 4 is 5.91 Å². The maximum Gasteiger partial charge on any atom is 0.256 e. The van der Waals surface area contributed by atoms with Crippen molar-refractivity contribution in [2.75, 3.05) is 20.2 Å². The Labute approximate surface area is 191 Å². The largest absolute Gasteiger partial charge is 0.493 e. The molecule has 1 aromatic heterocycles. The number of hydrogen-bond donors (Lipinski definition) is 0. The van der Waals surface area contributed by atoms with Crippen LogP contribution in [0.3, 0.4) is 0 Å². The van der Waals surface area contributed by atoms with Crippen LogP contribution < -0.4 is 9.47 Å². The Hall–Kier alpha value is -3.55. The zero-order chi connectivity index (χ0) is 23.5. The third-order valence-electron chi connectivity index (χ3n) is 5.84. The molecule has 1 saturated heterocycles. The van der Waals surface area contributed by atoms with E-state index >= 15 is 0 Å². The number of methoxy groups -OCH3 is 1. The summed E-state index contributed by atoms with van der Waals surface area (Å²) in [5.41, 5.74) is 2.85. The van der Waals surface area contributed by atoms with Crippen LogP contribution in [-0.4, -0.2) is 41.2 Å². The van der Waals surface area contributed by atoms with E-state index in [2.05, 4.69) is 10.2 Å². The van der Waals surface area contributed by atoms with Crippen LogP contribution in [0.2, 0.25) is 0 Å². The van der Waals surface area contributed by atoms with Crippen molar-refractivity contribution in [1.82, 2.24) is 15.1 Å². The predicted molar refractivity (Wildman–Crippen MR) is 119 cm³/mol. The first-order valence-electron chi connectivity index (χ1n) is 10.8. The molecule has 0 aliphatic carbocycles. The second kappa shape index (κ2) is 9.52. The molecule has 3 aromatic rings. The van der Waals surface area contributed by atoms with Gasteiger partial charge in [-0.1, -0.05) is 0 Å². The number of hydrogen-bond acceptors (Lipinski definition) is 5. The highest BCUT2D eigenvalue weighted by Gasteiger charge is 2.29. The highest BCUT2D eigenvalue weighted by molar-refractivity contribution is 5.95. The molecule has 8 heteroatoms. The van der Waals surface area contributed by atoms with E-state index in [4.69, 9.17) is 9.47 Å². The summed E-state index contributed by atoms with van der Waals surface area (Å²) in [7, 11) is 1.41. The fourth-order valence-corrected chi connectivity index (χ4v) is 4.13. The van der Waals surface area contributed by atoms with Gasteiger partial charge in [0.1, 0.15) is 17.4 Å². The number of rotatable bonds is 5. The Morgan fingerprint density at radius 2 is 1.70 bits per heavy atom. The maximum absolute atomic E-state index is 14.9. The second-order valence-corrected chi connectivity index (χ2v) is 8.16. The molecule has 6 nitrogen and oxygen atoms in total. The molecule has 0 saturated carbocycles. The standard InChI is InChI=1S/C25H25F2N3O3/c1-15-12-16(2)28-29-24(15)17-8-10-30(11-9-17)25(31)20-13-22(32-3)23(14-21(20)27)33-19-6-4-18(26)5-7-19/h4-7,12-14,17H,8-11H2,1-3H3. The number of ether oxygens (including phenoxy) is 2. The smallest absolute Gasteiger partial charge is 0.256 e. The van der Waals surface area contributed by atoms with Gasteiger partial charge in [0, 0.05) is 25.1 Å². The van der Waals surface area contributed by atoms with Gasteiger partial charge in [-0.15, -0.1) is 0 Å². The lowest BCUT2D eigenvalue weighted by Crippen LogP contribution is -2.38. The number of benzene rings is 2. The molecule has 1 amide bonds. The maximum atomic E-state index is 14.9. The summed E-state index contributed by atoms with van der Waals surface area (Å²) in [6, 6.07) is 9.81. The fourth-order valence-electron chi connectivity index (χ4n) is 4.13. The van der Waals surface area contributed by atoms with E-state index < -0.39 is 17.5 Å². The molecule has 1 aliphatic rings. The van der Waals surface area contributed by atoms with Crippen LogP contribution in [0.1, 0.15) is 46.1 Å². The zero-order valence-electron chi connectivity index (χ0n) is 18.8. The molecule has 0 unspecified atom stereocenters. The zero-order valence-corrected chi connectivity index (χ0v) is 18.8. The van der Waals surface area contributed by atoms with E-state index in [1.807, 2.05) is 19.9 Å². The Kier molecular flexibility index (Phi) is 6.53. The number of halogens is 2. The Morgan fingerprint density at radius 3 is 2.33 bits per heavy atom. The molecular weight excluding hydrogens is 428 g/mol. The topological polar surface area (TPSA) is 64.5 Å². The average molecular weight is 453 g/mol. The van der Waals surface area contributed by atoms with Crippen molar-refractivity contribution in [3.63, 3.8) is 0 Å². The number of piperidine rings is 1. The first-order valence-corrected chi connectivity index (χ1v) is 10.8. The molecule has 33 heavy (non-hydrogen) atoms. The summed E-state index contributed by atoms with van der Waals surface area (Å²) in [5.74, 6) is -0.660. The first kappa shape index (κ1) is 22.6. The van der Waals surface area contributed by atoms with Crippen molar-refractivity contribution in [3.8, 4) is 17.2 Å². The number of amides is 1. The van der Waals surface area contributed by atoms with Crippen molar-refractivity contribution < 1.29 is 23.0 Å². The van der Waals surface area contributed by atoms with Crippen LogP contribution in [0, 0.1) is 25.5 Å². The minimum Gasteiger partial charge on any atom is -0.493 e. The number of aromatic nitrogens is 2. The van der Waals surface area contributed by atoms with E-state index in [1.165, 1.54) is 37.4 Å².